The van der Waals surface area contributed by atoms with Crippen molar-refractivity contribution in [1.82, 2.24) is 10.2 Å². The maximum absolute atomic E-state index is 11.9. The van der Waals surface area contributed by atoms with Gasteiger partial charge in [0, 0.05) is 23.2 Å². The molecule has 1 saturated carbocycles. The van der Waals surface area contributed by atoms with E-state index in [-0.39, 0.29) is 11.8 Å². The Bertz CT molecular complexity index is 664. The fourth-order valence-electron chi connectivity index (χ4n) is 2.08. The van der Waals surface area contributed by atoms with Crippen molar-refractivity contribution in [1.29, 1.82) is 0 Å². The van der Waals surface area contributed by atoms with Gasteiger partial charge in [0.15, 0.2) is 0 Å². The Balaban J connectivity index is 1.86. The van der Waals surface area contributed by atoms with Crippen LogP contribution in [0.1, 0.15) is 18.4 Å². The number of anilines is 1. The van der Waals surface area contributed by atoms with E-state index < -0.39 is 0 Å². The Morgan fingerprint density at radius 2 is 2.05 bits per heavy atom. The summed E-state index contributed by atoms with van der Waals surface area (Å²) in [5.74, 6) is 0.776. The maximum atomic E-state index is 11.9. The number of hydrogen-bond donors (Lipinski definition) is 1. The standard InChI is InChI=1S/C16H17N3O2/c1-10-3-4-12(13-7-8-15(21-2)19-18-13)9-14(10)17-16(20)11-5-6-11/h3-4,7-9,11H,5-6H2,1-2H3,(H,17,20). The predicted octanol–water partition coefficient (Wildman–Crippen LogP) is 2.81. The highest BCUT2D eigenvalue weighted by molar-refractivity contribution is 5.95. The minimum atomic E-state index is 0.107. The molecular formula is C16H17N3O2. The van der Waals surface area contributed by atoms with E-state index in [1.807, 2.05) is 31.2 Å². The smallest absolute Gasteiger partial charge is 0.233 e. The quantitative estimate of drug-likeness (QED) is 0.937. The highest BCUT2D eigenvalue weighted by Crippen LogP contribution is 2.31. The molecule has 21 heavy (non-hydrogen) atoms. The first-order valence-corrected chi connectivity index (χ1v) is 6.97. The molecule has 0 bridgehead atoms. The van der Waals surface area contributed by atoms with Crippen molar-refractivity contribution in [2.45, 2.75) is 19.8 Å². The van der Waals surface area contributed by atoms with Crippen LogP contribution in [0.15, 0.2) is 30.3 Å². The van der Waals surface area contributed by atoms with Gasteiger partial charge in [-0.1, -0.05) is 12.1 Å². The number of nitrogens with one attached hydrogen (secondary N) is 1. The topological polar surface area (TPSA) is 64.1 Å². The van der Waals surface area contributed by atoms with Gasteiger partial charge in [0.05, 0.1) is 12.8 Å². The number of aryl methyl sites for hydroxylation is 1. The number of nitrogens with zero attached hydrogens (tertiary/aromatic N) is 2. The van der Waals surface area contributed by atoms with E-state index in [2.05, 4.69) is 15.5 Å². The predicted molar refractivity (Wildman–Crippen MR) is 80.1 cm³/mol. The van der Waals surface area contributed by atoms with Gasteiger partial charge in [-0.15, -0.1) is 10.2 Å². The molecule has 2 aromatic rings. The van der Waals surface area contributed by atoms with Crippen molar-refractivity contribution in [3.05, 3.63) is 35.9 Å². The molecule has 5 nitrogen and oxygen atoms in total. The zero-order valence-corrected chi connectivity index (χ0v) is 12.1. The largest absolute Gasteiger partial charge is 0.480 e. The van der Waals surface area contributed by atoms with E-state index in [1.165, 1.54) is 0 Å². The van der Waals surface area contributed by atoms with Gasteiger partial charge in [0.25, 0.3) is 0 Å². The molecule has 108 valence electrons. The molecule has 0 spiro atoms. The van der Waals surface area contributed by atoms with E-state index in [0.717, 1.165) is 35.3 Å². The second-order valence-electron chi connectivity index (χ2n) is 5.25. The molecule has 1 aliphatic rings. The van der Waals surface area contributed by atoms with Crippen LogP contribution in [-0.4, -0.2) is 23.2 Å². The SMILES string of the molecule is COc1ccc(-c2ccc(C)c(NC(=O)C3CC3)c2)nn1. The number of benzene rings is 1. The lowest BCUT2D eigenvalue weighted by atomic mass is 10.1. The van der Waals surface area contributed by atoms with Crippen molar-refractivity contribution >= 4 is 11.6 Å². The third-order valence-corrected chi connectivity index (χ3v) is 3.59. The summed E-state index contributed by atoms with van der Waals surface area (Å²) in [6, 6.07) is 9.50. The number of carbonyl (C=O) groups is 1. The molecule has 0 radical (unpaired) electrons. The monoisotopic (exact) mass is 283 g/mol. The molecule has 1 aromatic carbocycles. The van der Waals surface area contributed by atoms with E-state index in [9.17, 15) is 4.79 Å². The van der Waals surface area contributed by atoms with Crippen LogP contribution in [0.4, 0.5) is 5.69 Å². The van der Waals surface area contributed by atoms with Crippen LogP contribution in [0, 0.1) is 12.8 Å². The number of methoxy groups -OCH3 is 1. The van der Waals surface area contributed by atoms with Gasteiger partial charge >= 0.3 is 0 Å². The number of ether oxygens (including phenoxy) is 1. The zero-order chi connectivity index (χ0) is 14.8. The van der Waals surface area contributed by atoms with Crippen LogP contribution in [0.5, 0.6) is 5.88 Å². The Morgan fingerprint density at radius 3 is 2.67 bits per heavy atom. The van der Waals surface area contributed by atoms with Crippen LogP contribution >= 0.6 is 0 Å². The number of hydrogen-bond acceptors (Lipinski definition) is 4. The Kier molecular flexibility index (Phi) is 3.56. The molecule has 0 unspecified atom stereocenters. The molecule has 0 atom stereocenters. The van der Waals surface area contributed by atoms with E-state index in [0.29, 0.717) is 5.88 Å². The van der Waals surface area contributed by atoms with Gasteiger partial charge in [-0.3, -0.25) is 4.79 Å². The first-order valence-electron chi connectivity index (χ1n) is 6.97. The summed E-state index contributed by atoms with van der Waals surface area (Å²) < 4.78 is 5.00. The summed E-state index contributed by atoms with van der Waals surface area (Å²) in [4.78, 5) is 11.9. The van der Waals surface area contributed by atoms with Gasteiger partial charge in [0.1, 0.15) is 0 Å². The zero-order valence-electron chi connectivity index (χ0n) is 12.1. The second kappa shape index (κ2) is 5.52. The highest BCUT2D eigenvalue weighted by atomic mass is 16.5. The molecule has 1 amide bonds. The third-order valence-electron chi connectivity index (χ3n) is 3.59. The fourth-order valence-corrected chi connectivity index (χ4v) is 2.08. The minimum absolute atomic E-state index is 0.107. The highest BCUT2D eigenvalue weighted by Gasteiger charge is 2.29. The Hall–Kier alpha value is -2.43. The van der Waals surface area contributed by atoms with Gasteiger partial charge in [-0.25, -0.2) is 0 Å². The van der Waals surface area contributed by atoms with Crippen molar-refractivity contribution in [2.75, 3.05) is 12.4 Å². The fraction of sp³-hybridized carbons (Fsp3) is 0.312. The summed E-state index contributed by atoms with van der Waals surface area (Å²) >= 11 is 0. The molecule has 5 heteroatoms. The lowest BCUT2D eigenvalue weighted by molar-refractivity contribution is -0.117. The van der Waals surface area contributed by atoms with Gasteiger partial charge in [-0.2, -0.15) is 0 Å². The Morgan fingerprint density at radius 1 is 1.24 bits per heavy atom. The van der Waals surface area contributed by atoms with Crippen molar-refractivity contribution in [2.24, 2.45) is 5.92 Å². The van der Waals surface area contributed by atoms with Crippen LogP contribution in [0.25, 0.3) is 11.3 Å². The summed E-state index contributed by atoms with van der Waals surface area (Å²) in [7, 11) is 1.56. The maximum Gasteiger partial charge on any atom is 0.233 e. The average molecular weight is 283 g/mol. The minimum Gasteiger partial charge on any atom is -0.480 e. The molecule has 1 aromatic heterocycles. The number of rotatable bonds is 4. The summed E-state index contributed by atoms with van der Waals surface area (Å²) in [6.45, 7) is 1.98. The van der Waals surface area contributed by atoms with E-state index in [4.69, 9.17) is 4.74 Å². The van der Waals surface area contributed by atoms with Crippen LogP contribution in [0.2, 0.25) is 0 Å². The Labute approximate surface area is 123 Å². The third kappa shape index (κ3) is 3.02. The summed E-state index contributed by atoms with van der Waals surface area (Å²) in [5, 5.41) is 11.1. The van der Waals surface area contributed by atoms with Crippen LogP contribution in [0.3, 0.4) is 0 Å². The first kappa shape index (κ1) is 13.5. The second-order valence-corrected chi connectivity index (χ2v) is 5.25. The van der Waals surface area contributed by atoms with Crippen LogP contribution < -0.4 is 10.1 Å². The van der Waals surface area contributed by atoms with E-state index >= 15 is 0 Å². The summed E-state index contributed by atoms with van der Waals surface area (Å²) in [5.41, 5.74) is 3.54. The molecule has 1 fully saturated rings. The van der Waals surface area contributed by atoms with E-state index in [1.54, 1.807) is 13.2 Å². The van der Waals surface area contributed by atoms with Crippen molar-refractivity contribution in [3.8, 4) is 17.1 Å². The molecule has 1 aliphatic carbocycles. The lowest BCUT2D eigenvalue weighted by Crippen LogP contribution is -2.14. The molecule has 0 aliphatic heterocycles. The van der Waals surface area contributed by atoms with Crippen molar-refractivity contribution < 1.29 is 9.53 Å². The normalized spacial score (nSPS) is 13.8. The van der Waals surface area contributed by atoms with Gasteiger partial charge in [-0.05, 0) is 37.5 Å². The molecular weight excluding hydrogens is 266 g/mol. The summed E-state index contributed by atoms with van der Waals surface area (Å²) in [6.07, 6.45) is 1.99. The number of carbonyl (C=O) groups excluding carboxylic acids is 1. The first-order chi connectivity index (χ1) is 10.2. The molecule has 1 N–H and O–H groups in total. The van der Waals surface area contributed by atoms with Crippen molar-refractivity contribution in [3.63, 3.8) is 0 Å². The molecule has 1 heterocycles. The molecule has 0 saturated heterocycles. The number of aromatic nitrogens is 2. The molecule has 3 rings (SSSR count). The lowest BCUT2D eigenvalue weighted by Gasteiger charge is -2.10. The van der Waals surface area contributed by atoms with Crippen LogP contribution in [-0.2, 0) is 4.79 Å². The van der Waals surface area contributed by atoms with Gasteiger partial charge < -0.3 is 10.1 Å². The van der Waals surface area contributed by atoms with Gasteiger partial charge in [0.2, 0.25) is 11.8 Å². The number of amides is 1. The average Bonchev–Trinajstić information content (AvgIpc) is 3.34.